The van der Waals surface area contributed by atoms with Crippen LogP contribution in [0.2, 0.25) is 0 Å². The fraction of sp³-hybridized carbons (Fsp3) is 0.880. The maximum atomic E-state index is 11.9. The van der Waals surface area contributed by atoms with Gasteiger partial charge in [-0.25, -0.2) is 14.4 Å². The van der Waals surface area contributed by atoms with Gasteiger partial charge >= 0.3 is 18.3 Å². The van der Waals surface area contributed by atoms with E-state index in [0.29, 0.717) is 26.2 Å². The average molecular weight is 499 g/mol. The van der Waals surface area contributed by atoms with Crippen molar-refractivity contribution in [2.75, 3.05) is 39.3 Å². The molecule has 0 aromatic rings. The molecule has 10 heteroatoms. The zero-order valence-electron chi connectivity index (χ0n) is 22.4. The smallest absolute Gasteiger partial charge is 0.407 e. The van der Waals surface area contributed by atoms with Crippen LogP contribution in [-0.2, 0) is 9.47 Å². The van der Waals surface area contributed by atoms with E-state index in [2.05, 4.69) is 16.0 Å². The molecule has 0 aromatic carbocycles. The topological polar surface area (TPSA) is 129 Å². The molecule has 0 aliphatic heterocycles. The maximum absolute atomic E-state index is 11.9. The van der Waals surface area contributed by atoms with Gasteiger partial charge in [0.05, 0.1) is 0 Å². The number of nitrogens with one attached hydrogen (secondary N) is 3. The number of amides is 3. The highest BCUT2D eigenvalue weighted by atomic mass is 16.6. The van der Waals surface area contributed by atoms with Gasteiger partial charge in [0.15, 0.2) is 0 Å². The SMILES string of the molecule is CC(C)(C)OC(=O)NCC1(CNCCCCN(CC2(CNC(=O)OC(C)(C)C)CC2)C(=O)O)CC1. The number of ether oxygens (including phenoxy) is 2. The van der Waals surface area contributed by atoms with Crippen LogP contribution in [0.15, 0.2) is 0 Å². The van der Waals surface area contributed by atoms with E-state index in [1.165, 1.54) is 4.90 Å². The summed E-state index contributed by atoms with van der Waals surface area (Å²) in [6, 6.07) is 0. The lowest BCUT2D eigenvalue weighted by Gasteiger charge is -2.26. The lowest BCUT2D eigenvalue weighted by Crippen LogP contribution is -2.42. The van der Waals surface area contributed by atoms with E-state index in [1.807, 2.05) is 41.5 Å². The Labute approximate surface area is 209 Å². The van der Waals surface area contributed by atoms with Gasteiger partial charge < -0.3 is 35.4 Å². The van der Waals surface area contributed by atoms with Crippen molar-refractivity contribution in [3.63, 3.8) is 0 Å². The first-order valence-corrected chi connectivity index (χ1v) is 12.8. The summed E-state index contributed by atoms with van der Waals surface area (Å²) in [4.78, 5) is 37.0. The molecule has 35 heavy (non-hydrogen) atoms. The summed E-state index contributed by atoms with van der Waals surface area (Å²) in [7, 11) is 0. The Kier molecular flexibility index (Phi) is 9.67. The normalized spacial score (nSPS) is 17.8. The maximum Gasteiger partial charge on any atom is 0.407 e. The highest BCUT2D eigenvalue weighted by Crippen LogP contribution is 2.46. The van der Waals surface area contributed by atoms with E-state index in [0.717, 1.165) is 51.6 Å². The number of hydrogen-bond acceptors (Lipinski definition) is 6. The molecule has 0 bridgehead atoms. The van der Waals surface area contributed by atoms with Gasteiger partial charge in [-0.3, -0.25) is 0 Å². The Morgan fingerprint density at radius 3 is 1.71 bits per heavy atom. The van der Waals surface area contributed by atoms with E-state index >= 15 is 0 Å². The van der Waals surface area contributed by atoms with E-state index in [9.17, 15) is 19.5 Å². The minimum absolute atomic E-state index is 0.101. The van der Waals surface area contributed by atoms with Crippen LogP contribution in [0.1, 0.15) is 80.1 Å². The monoisotopic (exact) mass is 498 g/mol. The van der Waals surface area contributed by atoms with Gasteiger partial charge in [0.1, 0.15) is 11.2 Å². The molecule has 3 amide bonds. The molecule has 2 fully saturated rings. The summed E-state index contributed by atoms with van der Waals surface area (Å²) >= 11 is 0. The molecule has 0 saturated heterocycles. The van der Waals surface area contributed by atoms with Gasteiger partial charge in [0.25, 0.3) is 0 Å². The van der Waals surface area contributed by atoms with Gasteiger partial charge in [-0.15, -0.1) is 0 Å². The number of carboxylic acid groups (broad SMARTS) is 1. The lowest BCUT2D eigenvalue weighted by atomic mass is 10.1. The van der Waals surface area contributed by atoms with Gasteiger partial charge in [-0.2, -0.15) is 0 Å². The largest absolute Gasteiger partial charge is 0.465 e. The highest BCUT2D eigenvalue weighted by Gasteiger charge is 2.45. The van der Waals surface area contributed by atoms with Crippen LogP contribution in [-0.4, -0.2) is 78.8 Å². The minimum Gasteiger partial charge on any atom is -0.465 e. The number of unbranched alkanes of at least 4 members (excludes halogenated alkanes) is 1. The first kappa shape index (κ1) is 29.0. The van der Waals surface area contributed by atoms with E-state index < -0.39 is 23.4 Å². The zero-order valence-corrected chi connectivity index (χ0v) is 22.4. The van der Waals surface area contributed by atoms with Crippen LogP contribution in [0, 0.1) is 10.8 Å². The summed E-state index contributed by atoms with van der Waals surface area (Å²) in [5.41, 5.74) is -1.15. The van der Waals surface area contributed by atoms with E-state index in [1.54, 1.807) is 0 Å². The molecule has 0 radical (unpaired) electrons. The number of carbonyl (C=O) groups is 3. The van der Waals surface area contributed by atoms with Crippen molar-refractivity contribution in [2.24, 2.45) is 10.8 Å². The van der Waals surface area contributed by atoms with Crippen LogP contribution < -0.4 is 16.0 Å². The first-order chi connectivity index (χ1) is 16.1. The van der Waals surface area contributed by atoms with Crippen LogP contribution >= 0.6 is 0 Å². The fourth-order valence-corrected chi connectivity index (χ4v) is 3.86. The van der Waals surface area contributed by atoms with Gasteiger partial charge in [0, 0.05) is 43.6 Å². The quantitative estimate of drug-likeness (QED) is 0.283. The molecule has 2 aliphatic rings. The lowest BCUT2D eigenvalue weighted by molar-refractivity contribution is 0.0501. The standard InChI is InChI=1S/C25H46N4O6/c1-22(2,3)34-19(30)27-16-24(9-10-24)15-26-13-7-8-14-29(21(32)33)18-25(11-12-25)17-28-20(31)35-23(4,5)6/h26H,7-18H2,1-6H3,(H,27,30)(H,28,31)(H,32,33). The molecule has 4 N–H and O–H groups in total. The number of alkyl carbamates (subject to hydrolysis) is 2. The predicted octanol–water partition coefficient (Wildman–Crippen LogP) is 3.95. The van der Waals surface area contributed by atoms with E-state index in [-0.39, 0.29) is 16.9 Å². The molecule has 0 spiro atoms. The molecule has 0 unspecified atom stereocenters. The second-order valence-electron chi connectivity index (χ2n) is 12.3. The summed E-state index contributed by atoms with van der Waals surface area (Å²) in [6.45, 7) is 14.5. The summed E-state index contributed by atoms with van der Waals surface area (Å²) in [6.07, 6.45) is 3.79. The highest BCUT2D eigenvalue weighted by molar-refractivity contribution is 5.68. The second kappa shape index (κ2) is 11.7. The van der Waals surface area contributed by atoms with Crippen LogP contribution in [0.5, 0.6) is 0 Å². The molecule has 0 heterocycles. The molecule has 0 atom stereocenters. The molecule has 10 nitrogen and oxygen atoms in total. The summed E-state index contributed by atoms with van der Waals surface area (Å²) < 4.78 is 10.6. The second-order valence-corrected chi connectivity index (χ2v) is 12.3. The molecule has 0 aromatic heterocycles. The van der Waals surface area contributed by atoms with Crippen LogP contribution in [0.25, 0.3) is 0 Å². The van der Waals surface area contributed by atoms with Crippen molar-refractivity contribution >= 4 is 18.3 Å². The van der Waals surface area contributed by atoms with Crippen molar-refractivity contribution in [3.8, 4) is 0 Å². The molecular formula is C25H46N4O6. The van der Waals surface area contributed by atoms with Gasteiger partial charge in [-0.1, -0.05) is 0 Å². The van der Waals surface area contributed by atoms with Crippen molar-refractivity contribution in [1.82, 2.24) is 20.9 Å². The fourth-order valence-electron chi connectivity index (χ4n) is 3.86. The van der Waals surface area contributed by atoms with Crippen LogP contribution in [0.4, 0.5) is 14.4 Å². The van der Waals surface area contributed by atoms with Crippen LogP contribution in [0.3, 0.4) is 0 Å². The average Bonchev–Trinajstić information content (AvgIpc) is 3.62. The predicted molar refractivity (Wildman–Crippen MR) is 134 cm³/mol. The Morgan fingerprint density at radius 1 is 0.800 bits per heavy atom. The Hall–Kier alpha value is -2.23. The Morgan fingerprint density at radius 2 is 1.29 bits per heavy atom. The first-order valence-electron chi connectivity index (χ1n) is 12.8. The Bertz CT molecular complexity index is 735. The van der Waals surface area contributed by atoms with Gasteiger partial charge in [0.2, 0.25) is 0 Å². The number of hydrogen-bond donors (Lipinski definition) is 4. The van der Waals surface area contributed by atoms with Crippen molar-refractivity contribution in [3.05, 3.63) is 0 Å². The molecular weight excluding hydrogens is 452 g/mol. The third kappa shape index (κ3) is 11.8. The third-order valence-corrected chi connectivity index (χ3v) is 6.26. The van der Waals surface area contributed by atoms with Gasteiger partial charge in [-0.05, 0) is 86.6 Å². The Balaban J connectivity index is 1.61. The van der Waals surface area contributed by atoms with Crippen molar-refractivity contribution in [1.29, 1.82) is 0 Å². The zero-order chi connectivity index (χ0) is 26.3. The molecule has 2 rings (SSSR count). The minimum atomic E-state index is -0.924. The molecule has 202 valence electrons. The number of rotatable bonds is 13. The number of nitrogens with zero attached hydrogens (tertiary/aromatic N) is 1. The van der Waals surface area contributed by atoms with Crippen molar-refractivity contribution < 1.29 is 29.0 Å². The summed E-state index contributed by atoms with van der Waals surface area (Å²) in [5.74, 6) is 0. The number of carbonyl (C=O) groups excluding carboxylic acids is 2. The third-order valence-electron chi connectivity index (χ3n) is 6.26. The van der Waals surface area contributed by atoms with E-state index in [4.69, 9.17) is 9.47 Å². The summed E-state index contributed by atoms with van der Waals surface area (Å²) in [5, 5.41) is 18.8. The molecule has 2 aliphatic carbocycles. The van der Waals surface area contributed by atoms with Crippen molar-refractivity contribution in [2.45, 2.75) is 91.3 Å². The molecule has 2 saturated carbocycles.